The van der Waals surface area contributed by atoms with Gasteiger partial charge in [-0.3, -0.25) is 0 Å². The van der Waals surface area contributed by atoms with Crippen molar-refractivity contribution in [1.29, 1.82) is 0 Å². The molecule has 0 radical (unpaired) electrons. The minimum atomic E-state index is -0.229. The lowest BCUT2D eigenvalue weighted by Gasteiger charge is -2.09. The second kappa shape index (κ2) is 6.46. The van der Waals surface area contributed by atoms with Crippen LogP contribution in [0.5, 0.6) is 0 Å². The Bertz CT molecular complexity index is 319. The molecule has 15 heavy (non-hydrogen) atoms. The zero-order valence-electron chi connectivity index (χ0n) is 8.56. The molecule has 0 amide bonds. The van der Waals surface area contributed by atoms with Gasteiger partial charge in [-0.25, -0.2) is 4.39 Å². The number of rotatable bonds is 5. The summed E-state index contributed by atoms with van der Waals surface area (Å²) in [4.78, 5) is 0. The molecule has 0 aromatic heterocycles. The van der Waals surface area contributed by atoms with E-state index in [0.29, 0.717) is 16.3 Å². The number of hydrogen-bond acceptors (Lipinski definition) is 1. The van der Waals surface area contributed by atoms with E-state index in [-0.39, 0.29) is 5.82 Å². The van der Waals surface area contributed by atoms with Crippen molar-refractivity contribution in [2.75, 3.05) is 12.4 Å². The minimum absolute atomic E-state index is 0.229. The SMILES string of the molecule is CC(CCl)CNCc1ccc(F)c(Br)c1. The summed E-state index contributed by atoms with van der Waals surface area (Å²) in [7, 11) is 0. The van der Waals surface area contributed by atoms with Crippen LogP contribution in [0.25, 0.3) is 0 Å². The van der Waals surface area contributed by atoms with Gasteiger partial charge in [-0.05, 0) is 46.1 Å². The summed E-state index contributed by atoms with van der Waals surface area (Å²) < 4.78 is 13.4. The van der Waals surface area contributed by atoms with Gasteiger partial charge in [0.1, 0.15) is 5.82 Å². The van der Waals surface area contributed by atoms with E-state index in [1.807, 2.05) is 0 Å². The first-order valence-electron chi connectivity index (χ1n) is 4.84. The molecule has 0 heterocycles. The Labute approximate surface area is 103 Å². The van der Waals surface area contributed by atoms with Gasteiger partial charge >= 0.3 is 0 Å². The number of hydrogen-bond donors (Lipinski definition) is 1. The summed E-state index contributed by atoms with van der Waals surface area (Å²) in [6, 6.07) is 5.03. The molecule has 0 saturated carbocycles. The van der Waals surface area contributed by atoms with E-state index in [0.717, 1.165) is 18.7 Å². The molecular weight excluding hydrogens is 280 g/mol. The molecule has 84 valence electrons. The van der Waals surface area contributed by atoms with Crippen molar-refractivity contribution in [1.82, 2.24) is 5.32 Å². The van der Waals surface area contributed by atoms with Crippen LogP contribution in [0, 0.1) is 11.7 Å². The maximum atomic E-state index is 12.9. The number of alkyl halides is 1. The van der Waals surface area contributed by atoms with Crippen LogP contribution in [0.15, 0.2) is 22.7 Å². The fraction of sp³-hybridized carbons (Fsp3) is 0.455. The largest absolute Gasteiger partial charge is 0.312 e. The maximum absolute atomic E-state index is 12.9. The van der Waals surface area contributed by atoms with E-state index < -0.39 is 0 Å². The molecule has 0 aliphatic rings. The van der Waals surface area contributed by atoms with Crippen molar-refractivity contribution in [2.45, 2.75) is 13.5 Å². The van der Waals surface area contributed by atoms with Gasteiger partial charge < -0.3 is 5.32 Å². The Balaban J connectivity index is 2.41. The molecular formula is C11H14BrClFN. The second-order valence-electron chi connectivity index (χ2n) is 3.64. The van der Waals surface area contributed by atoms with Crippen LogP contribution in [0.1, 0.15) is 12.5 Å². The monoisotopic (exact) mass is 293 g/mol. The van der Waals surface area contributed by atoms with Gasteiger partial charge in [-0.2, -0.15) is 0 Å². The Morgan fingerprint density at radius 3 is 2.87 bits per heavy atom. The number of benzene rings is 1. The van der Waals surface area contributed by atoms with Crippen molar-refractivity contribution < 1.29 is 4.39 Å². The Hall–Kier alpha value is -0.120. The molecule has 0 aliphatic carbocycles. The van der Waals surface area contributed by atoms with Crippen LogP contribution in [0.2, 0.25) is 0 Å². The summed E-state index contributed by atoms with van der Waals surface area (Å²) in [5.41, 5.74) is 1.06. The van der Waals surface area contributed by atoms with Crippen LogP contribution < -0.4 is 5.32 Å². The predicted octanol–water partition coefficient (Wildman–Crippen LogP) is 3.55. The molecule has 1 N–H and O–H groups in total. The van der Waals surface area contributed by atoms with E-state index in [1.54, 1.807) is 12.1 Å². The molecule has 0 saturated heterocycles. The molecule has 0 spiro atoms. The van der Waals surface area contributed by atoms with Gasteiger partial charge in [0.2, 0.25) is 0 Å². The highest BCUT2D eigenvalue weighted by Gasteiger charge is 2.02. The van der Waals surface area contributed by atoms with Gasteiger partial charge in [0.25, 0.3) is 0 Å². The minimum Gasteiger partial charge on any atom is -0.312 e. The average Bonchev–Trinajstić information content (AvgIpc) is 2.23. The average molecular weight is 295 g/mol. The summed E-state index contributed by atoms with van der Waals surface area (Å²) in [5.74, 6) is 0.878. The van der Waals surface area contributed by atoms with Crippen LogP contribution in [-0.4, -0.2) is 12.4 Å². The van der Waals surface area contributed by atoms with Crippen molar-refractivity contribution in [3.63, 3.8) is 0 Å². The lowest BCUT2D eigenvalue weighted by Crippen LogP contribution is -2.21. The van der Waals surface area contributed by atoms with Crippen LogP contribution in [0.4, 0.5) is 4.39 Å². The van der Waals surface area contributed by atoms with Crippen molar-refractivity contribution in [2.24, 2.45) is 5.92 Å². The summed E-state index contributed by atoms with van der Waals surface area (Å²) in [5, 5.41) is 3.27. The molecule has 1 unspecified atom stereocenters. The van der Waals surface area contributed by atoms with E-state index in [9.17, 15) is 4.39 Å². The smallest absolute Gasteiger partial charge is 0.137 e. The Kier molecular flexibility index (Phi) is 5.58. The van der Waals surface area contributed by atoms with E-state index >= 15 is 0 Å². The van der Waals surface area contributed by atoms with Crippen LogP contribution in [-0.2, 0) is 6.54 Å². The van der Waals surface area contributed by atoms with E-state index in [4.69, 9.17) is 11.6 Å². The third-order valence-electron chi connectivity index (χ3n) is 2.07. The summed E-state index contributed by atoms with van der Waals surface area (Å²) >= 11 is 8.84. The highest BCUT2D eigenvalue weighted by atomic mass is 79.9. The molecule has 4 heteroatoms. The van der Waals surface area contributed by atoms with Gasteiger partial charge in [0, 0.05) is 12.4 Å². The van der Waals surface area contributed by atoms with Gasteiger partial charge in [-0.15, -0.1) is 11.6 Å². The fourth-order valence-electron chi connectivity index (χ4n) is 1.17. The van der Waals surface area contributed by atoms with Crippen molar-refractivity contribution in [3.05, 3.63) is 34.1 Å². The maximum Gasteiger partial charge on any atom is 0.137 e. The molecule has 1 aromatic rings. The first kappa shape index (κ1) is 12.9. The van der Waals surface area contributed by atoms with Gasteiger partial charge in [0.05, 0.1) is 4.47 Å². The lowest BCUT2D eigenvalue weighted by molar-refractivity contribution is 0.555. The zero-order valence-corrected chi connectivity index (χ0v) is 10.9. The highest BCUT2D eigenvalue weighted by molar-refractivity contribution is 9.10. The number of halogens is 3. The molecule has 0 bridgehead atoms. The third kappa shape index (κ3) is 4.49. The lowest BCUT2D eigenvalue weighted by atomic mass is 10.2. The zero-order chi connectivity index (χ0) is 11.3. The number of nitrogens with one attached hydrogen (secondary N) is 1. The Morgan fingerprint density at radius 2 is 2.27 bits per heavy atom. The van der Waals surface area contributed by atoms with Crippen LogP contribution >= 0.6 is 27.5 Å². The molecule has 1 aromatic carbocycles. The van der Waals surface area contributed by atoms with Crippen molar-refractivity contribution >= 4 is 27.5 Å². The molecule has 1 nitrogen and oxygen atoms in total. The first-order valence-corrected chi connectivity index (χ1v) is 6.17. The summed E-state index contributed by atoms with van der Waals surface area (Å²) in [6.45, 7) is 3.69. The van der Waals surface area contributed by atoms with Crippen LogP contribution in [0.3, 0.4) is 0 Å². The highest BCUT2D eigenvalue weighted by Crippen LogP contribution is 2.16. The predicted molar refractivity (Wildman–Crippen MR) is 65.7 cm³/mol. The summed E-state index contributed by atoms with van der Waals surface area (Å²) in [6.07, 6.45) is 0. The third-order valence-corrected chi connectivity index (χ3v) is 3.20. The van der Waals surface area contributed by atoms with Crippen molar-refractivity contribution in [3.8, 4) is 0 Å². The van der Waals surface area contributed by atoms with E-state index in [1.165, 1.54) is 6.07 Å². The van der Waals surface area contributed by atoms with E-state index in [2.05, 4.69) is 28.2 Å². The first-order chi connectivity index (χ1) is 7.13. The standard InChI is InChI=1S/C11H14BrClFN/c1-8(5-13)6-15-7-9-2-3-11(14)10(12)4-9/h2-4,8,15H,5-7H2,1H3. The quantitative estimate of drug-likeness (QED) is 0.819. The van der Waals surface area contributed by atoms with Gasteiger partial charge in [0.15, 0.2) is 0 Å². The normalized spacial score (nSPS) is 12.8. The molecule has 1 rings (SSSR count). The topological polar surface area (TPSA) is 12.0 Å². The van der Waals surface area contributed by atoms with Gasteiger partial charge in [-0.1, -0.05) is 13.0 Å². The molecule has 1 atom stereocenters. The Morgan fingerprint density at radius 1 is 1.53 bits per heavy atom. The second-order valence-corrected chi connectivity index (χ2v) is 4.80. The molecule has 0 aliphatic heterocycles. The fourth-order valence-corrected chi connectivity index (χ4v) is 1.70. The molecule has 0 fully saturated rings.